The SMILES string of the molecule is O=C(NC1C2CC3CC(C2)CC1C3)c1ccc(N2CC3CC2CC3=O)cc1. The highest BCUT2D eigenvalue weighted by molar-refractivity contribution is 5.95. The lowest BCUT2D eigenvalue weighted by Crippen LogP contribution is -2.55. The largest absolute Gasteiger partial charge is 0.367 e. The van der Waals surface area contributed by atoms with E-state index in [0.717, 1.165) is 36.1 Å². The molecule has 142 valence electrons. The van der Waals surface area contributed by atoms with Gasteiger partial charge >= 0.3 is 0 Å². The first-order valence-electron chi connectivity index (χ1n) is 10.8. The number of hydrogen-bond donors (Lipinski definition) is 1. The van der Waals surface area contributed by atoms with E-state index in [0.29, 0.717) is 36.1 Å². The number of benzene rings is 1. The second-order valence-corrected chi connectivity index (χ2v) is 9.89. The molecule has 0 aromatic heterocycles. The van der Waals surface area contributed by atoms with Crippen molar-refractivity contribution in [2.24, 2.45) is 29.6 Å². The zero-order valence-corrected chi connectivity index (χ0v) is 15.8. The van der Waals surface area contributed by atoms with E-state index < -0.39 is 0 Å². The number of carbonyl (C=O) groups excluding carboxylic acids is 2. The first-order valence-corrected chi connectivity index (χ1v) is 10.8. The number of carbonyl (C=O) groups is 2. The van der Waals surface area contributed by atoms with Gasteiger partial charge in [0.2, 0.25) is 0 Å². The Bertz CT molecular complexity index is 758. The molecule has 2 unspecified atom stereocenters. The van der Waals surface area contributed by atoms with E-state index in [2.05, 4.69) is 22.3 Å². The molecule has 1 amide bonds. The van der Waals surface area contributed by atoms with Gasteiger partial charge in [-0.25, -0.2) is 0 Å². The number of fused-ring (bicyclic) bond motifs is 2. The fourth-order valence-electron chi connectivity index (χ4n) is 7.26. The summed E-state index contributed by atoms with van der Waals surface area (Å²) in [6, 6.07) is 8.83. The van der Waals surface area contributed by atoms with Crippen LogP contribution in [0.3, 0.4) is 0 Å². The molecule has 0 radical (unpaired) electrons. The van der Waals surface area contributed by atoms with Gasteiger partial charge in [0.25, 0.3) is 5.91 Å². The van der Waals surface area contributed by atoms with Crippen molar-refractivity contribution in [3.05, 3.63) is 29.8 Å². The van der Waals surface area contributed by atoms with Gasteiger partial charge in [-0.1, -0.05) is 0 Å². The Labute approximate surface area is 160 Å². The van der Waals surface area contributed by atoms with Crippen LogP contribution in [0.25, 0.3) is 0 Å². The lowest BCUT2D eigenvalue weighted by molar-refractivity contribution is -0.120. The second-order valence-electron chi connectivity index (χ2n) is 9.89. The first-order chi connectivity index (χ1) is 13.1. The van der Waals surface area contributed by atoms with Gasteiger partial charge in [-0.2, -0.15) is 0 Å². The summed E-state index contributed by atoms with van der Waals surface area (Å²) in [7, 11) is 0. The molecule has 6 bridgehead atoms. The highest BCUT2D eigenvalue weighted by Gasteiger charge is 2.48. The Morgan fingerprint density at radius 2 is 1.59 bits per heavy atom. The van der Waals surface area contributed by atoms with E-state index in [1.54, 1.807) is 0 Å². The van der Waals surface area contributed by atoms with Gasteiger partial charge in [0.15, 0.2) is 0 Å². The van der Waals surface area contributed by atoms with E-state index in [4.69, 9.17) is 0 Å². The van der Waals surface area contributed by atoms with Crippen LogP contribution in [0, 0.1) is 29.6 Å². The zero-order chi connectivity index (χ0) is 18.1. The molecule has 1 aliphatic heterocycles. The molecule has 5 aliphatic carbocycles. The third-order valence-electron chi connectivity index (χ3n) is 8.29. The van der Waals surface area contributed by atoms with Gasteiger partial charge in [-0.05, 0) is 86.5 Å². The lowest BCUT2D eigenvalue weighted by Gasteiger charge is -2.54. The minimum Gasteiger partial charge on any atom is -0.367 e. The number of rotatable bonds is 3. The first kappa shape index (κ1) is 16.1. The maximum atomic E-state index is 12.9. The van der Waals surface area contributed by atoms with Crippen molar-refractivity contribution in [1.29, 1.82) is 0 Å². The van der Waals surface area contributed by atoms with Crippen LogP contribution in [0.2, 0.25) is 0 Å². The summed E-state index contributed by atoms with van der Waals surface area (Å²) < 4.78 is 0. The number of ketones is 1. The number of hydrogen-bond acceptors (Lipinski definition) is 3. The number of nitrogens with zero attached hydrogens (tertiary/aromatic N) is 1. The lowest BCUT2D eigenvalue weighted by atomic mass is 9.54. The standard InChI is InChI=1S/C23H28N2O2/c26-21-11-20-10-18(21)12-25(20)19-3-1-15(2-4-19)23(27)24-22-16-6-13-5-14(8-16)9-17(22)7-13/h1-4,13-14,16-18,20,22H,5-12H2,(H,24,27). The average Bonchev–Trinajstić information content (AvgIpc) is 3.23. The van der Waals surface area contributed by atoms with Crippen LogP contribution in [0.15, 0.2) is 24.3 Å². The van der Waals surface area contributed by atoms with Crippen LogP contribution in [0.4, 0.5) is 5.69 Å². The minimum atomic E-state index is 0.0946. The van der Waals surface area contributed by atoms with E-state index in [9.17, 15) is 9.59 Å². The van der Waals surface area contributed by atoms with Gasteiger partial charge in [0.1, 0.15) is 5.78 Å². The molecule has 7 rings (SSSR count). The molecular formula is C23H28N2O2. The van der Waals surface area contributed by atoms with Gasteiger partial charge in [-0.3, -0.25) is 9.59 Å². The number of piperidine rings is 1. The molecule has 1 aromatic carbocycles. The van der Waals surface area contributed by atoms with Gasteiger partial charge in [0.05, 0.1) is 0 Å². The van der Waals surface area contributed by atoms with Gasteiger partial charge in [-0.15, -0.1) is 0 Å². The molecule has 27 heavy (non-hydrogen) atoms. The molecule has 6 aliphatic rings. The van der Waals surface area contributed by atoms with E-state index >= 15 is 0 Å². The molecule has 5 saturated carbocycles. The van der Waals surface area contributed by atoms with Gasteiger partial charge < -0.3 is 10.2 Å². The van der Waals surface area contributed by atoms with Crippen LogP contribution in [-0.2, 0) is 4.79 Å². The van der Waals surface area contributed by atoms with Crippen LogP contribution < -0.4 is 10.2 Å². The molecule has 1 saturated heterocycles. The average molecular weight is 364 g/mol. The number of nitrogens with one attached hydrogen (secondary N) is 1. The van der Waals surface area contributed by atoms with E-state index in [1.807, 2.05) is 12.1 Å². The molecule has 6 fully saturated rings. The highest BCUT2D eigenvalue weighted by Crippen LogP contribution is 2.53. The van der Waals surface area contributed by atoms with Crippen LogP contribution in [0.1, 0.15) is 55.3 Å². The van der Waals surface area contributed by atoms with Crippen LogP contribution in [0.5, 0.6) is 0 Å². The summed E-state index contributed by atoms with van der Waals surface area (Å²) >= 11 is 0. The van der Waals surface area contributed by atoms with E-state index in [-0.39, 0.29) is 11.8 Å². The maximum absolute atomic E-state index is 12.9. The Balaban J connectivity index is 1.14. The summed E-state index contributed by atoms with van der Waals surface area (Å²) in [5.74, 6) is 4.05. The molecule has 4 heteroatoms. The summed E-state index contributed by atoms with van der Waals surface area (Å²) in [4.78, 5) is 27.0. The number of amides is 1. The molecule has 4 nitrogen and oxygen atoms in total. The normalized spacial score (nSPS) is 41.4. The molecule has 1 aromatic rings. The Morgan fingerprint density at radius 1 is 0.926 bits per heavy atom. The van der Waals surface area contributed by atoms with Crippen molar-refractivity contribution in [3.8, 4) is 0 Å². The molecule has 0 spiro atoms. The summed E-state index contributed by atoms with van der Waals surface area (Å²) in [6.07, 6.45) is 8.45. The minimum absolute atomic E-state index is 0.0946. The monoisotopic (exact) mass is 364 g/mol. The van der Waals surface area contributed by atoms with Crippen molar-refractivity contribution in [1.82, 2.24) is 5.32 Å². The van der Waals surface area contributed by atoms with Crippen molar-refractivity contribution in [3.63, 3.8) is 0 Å². The summed E-state index contributed by atoms with van der Waals surface area (Å²) in [5, 5.41) is 3.40. The van der Waals surface area contributed by atoms with E-state index in [1.165, 1.54) is 32.1 Å². The predicted molar refractivity (Wildman–Crippen MR) is 104 cm³/mol. The van der Waals surface area contributed by atoms with Crippen LogP contribution in [-0.4, -0.2) is 30.3 Å². The third kappa shape index (κ3) is 2.55. The molecule has 2 atom stereocenters. The summed E-state index contributed by atoms with van der Waals surface area (Å²) in [6.45, 7) is 0.850. The number of anilines is 1. The highest BCUT2D eigenvalue weighted by atomic mass is 16.1. The molecule has 1 N–H and O–H groups in total. The fraction of sp³-hybridized carbons (Fsp3) is 0.652. The fourth-order valence-corrected chi connectivity index (χ4v) is 7.26. The smallest absolute Gasteiger partial charge is 0.251 e. The third-order valence-corrected chi connectivity index (χ3v) is 8.29. The van der Waals surface area contributed by atoms with Crippen molar-refractivity contribution in [2.45, 2.75) is 57.0 Å². The van der Waals surface area contributed by atoms with Gasteiger partial charge in [0, 0.05) is 42.2 Å². The summed E-state index contributed by atoms with van der Waals surface area (Å²) in [5.41, 5.74) is 1.93. The zero-order valence-electron chi connectivity index (χ0n) is 15.8. The van der Waals surface area contributed by atoms with Crippen molar-refractivity contribution < 1.29 is 9.59 Å². The maximum Gasteiger partial charge on any atom is 0.251 e. The topological polar surface area (TPSA) is 49.4 Å². The Hall–Kier alpha value is -1.84. The second kappa shape index (κ2) is 5.83. The predicted octanol–water partition coefficient (Wildman–Crippen LogP) is 3.41. The molecule has 1 heterocycles. The number of Topliss-reactive ketones (excluding diaryl/α,β-unsaturated/α-hetero) is 1. The Kier molecular flexibility index (Phi) is 3.48. The molecular weight excluding hydrogens is 336 g/mol. The van der Waals surface area contributed by atoms with Crippen LogP contribution >= 0.6 is 0 Å². The van der Waals surface area contributed by atoms with Crippen molar-refractivity contribution in [2.75, 3.05) is 11.4 Å². The van der Waals surface area contributed by atoms with Crippen molar-refractivity contribution >= 4 is 17.4 Å². The Morgan fingerprint density at radius 3 is 2.15 bits per heavy atom. The quantitative estimate of drug-likeness (QED) is 0.894.